The third-order valence-electron chi connectivity index (χ3n) is 5.18. The van der Waals surface area contributed by atoms with Gasteiger partial charge < -0.3 is 26.2 Å². The van der Waals surface area contributed by atoms with Crippen LogP contribution < -0.4 is 11.1 Å². The molecular weight excluding hydrogens is 456 g/mol. The van der Waals surface area contributed by atoms with E-state index in [0.717, 1.165) is 42.2 Å². The Kier molecular flexibility index (Phi) is 10.4. The van der Waals surface area contributed by atoms with Gasteiger partial charge in [-0.05, 0) is 61.5 Å². The average molecular weight is 487 g/mol. The van der Waals surface area contributed by atoms with Crippen molar-refractivity contribution in [2.24, 2.45) is 10.7 Å². The largest absolute Gasteiger partial charge is 0.478 e. The quantitative estimate of drug-likeness (QED) is 0.255. The highest BCUT2D eigenvalue weighted by molar-refractivity contribution is 7.12. The summed E-state index contributed by atoms with van der Waals surface area (Å²) >= 11 is 1.58. The number of amides is 1. The highest BCUT2D eigenvalue weighted by atomic mass is 32.1. The Hall–Kier alpha value is -3.50. The van der Waals surface area contributed by atoms with Gasteiger partial charge in [-0.3, -0.25) is 4.79 Å². The maximum atomic E-state index is 12.5. The van der Waals surface area contributed by atoms with E-state index in [1.54, 1.807) is 11.3 Å². The summed E-state index contributed by atoms with van der Waals surface area (Å²) in [7, 11) is 0. The standard InChI is InChI=1S/C20H26N4OS.C4H4O4/c1-3-24(4-2)19(25)13-17-16-12-15(8-7-14(16)9-10-22-17)23-20(21)18-6-5-11-26-18;5-3(6)1-2-4(7)8/h5-8,11-12,17,22H,3-4,9-10,13H2,1-2H3,(H2,21,23);1-2H,(H,5,6)(H,7,8)/b;2-1+. The molecule has 182 valence electrons. The van der Waals surface area contributed by atoms with Gasteiger partial charge in [-0.2, -0.15) is 0 Å². The molecule has 0 aliphatic carbocycles. The summed E-state index contributed by atoms with van der Waals surface area (Å²) in [5, 5.41) is 21.1. The number of hydrogen-bond acceptors (Lipinski definition) is 6. The predicted molar refractivity (Wildman–Crippen MR) is 133 cm³/mol. The van der Waals surface area contributed by atoms with Crippen LogP contribution in [0.25, 0.3) is 0 Å². The molecule has 1 aromatic heterocycles. The Balaban J connectivity index is 0.000000440. The van der Waals surface area contributed by atoms with Crippen LogP contribution in [0.2, 0.25) is 0 Å². The highest BCUT2D eigenvalue weighted by Gasteiger charge is 2.24. The van der Waals surface area contributed by atoms with Gasteiger partial charge in [-0.15, -0.1) is 11.3 Å². The Labute approximate surface area is 202 Å². The van der Waals surface area contributed by atoms with Crippen LogP contribution in [0.5, 0.6) is 0 Å². The highest BCUT2D eigenvalue weighted by Crippen LogP contribution is 2.30. The molecule has 1 aromatic carbocycles. The monoisotopic (exact) mass is 486 g/mol. The molecule has 5 N–H and O–H groups in total. The first-order chi connectivity index (χ1) is 16.2. The van der Waals surface area contributed by atoms with Crippen molar-refractivity contribution in [1.82, 2.24) is 10.2 Å². The summed E-state index contributed by atoms with van der Waals surface area (Å²) < 4.78 is 0. The van der Waals surface area contributed by atoms with E-state index in [1.165, 1.54) is 5.56 Å². The van der Waals surface area contributed by atoms with Crippen molar-refractivity contribution in [3.05, 3.63) is 63.9 Å². The molecule has 0 saturated carbocycles. The van der Waals surface area contributed by atoms with E-state index in [4.69, 9.17) is 15.9 Å². The van der Waals surface area contributed by atoms with E-state index >= 15 is 0 Å². The lowest BCUT2D eigenvalue weighted by atomic mass is 9.91. The molecule has 1 amide bonds. The van der Waals surface area contributed by atoms with Crippen LogP contribution in [-0.4, -0.2) is 58.4 Å². The number of benzene rings is 1. The van der Waals surface area contributed by atoms with Crippen LogP contribution >= 0.6 is 11.3 Å². The number of carbonyl (C=O) groups is 3. The first kappa shape index (κ1) is 26.7. The van der Waals surface area contributed by atoms with Crippen molar-refractivity contribution < 1.29 is 24.6 Å². The van der Waals surface area contributed by atoms with Gasteiger partial charge in [0, 0.05) is 37.7 Å². The van der Waals surface area contributed by atoms with Crippen LogP contribution in [0.4, 0.5) is 5.69 Å². The number of nitrogens with zero attached hydrogens (tertiary/aromatic N) is 2. The van der Waals surface area contributed by atoms with Gasteiger partial charge in [0.2, 0.25) is 5.91 Å². The summed E-state index contributed by atoms with van der Waals surface area (Å²) in [6.45, 7) is 6.42. The van der Waals surface area contributed by atoms with Gasteiger partial charge in [-0.1, -0.05) is 12.1 Å². The van der Waals surface area contributed by atoms with Crippen molar-refractivity contribution in [2.75, 3.05) is 19.6 Å². The van der Waals surface area contributed by atoms with Gasteiger partial charge in [0.05, 0.1) is 10.6 Å². The smallest absolute Gasteiger partial charge is 0.328 e. The summed E-state index contributed by atoms with van der Waals surface area (Å²) in [5.74, 6) is -1.80. The van der Waals surface area contributed by atoms with E-state index in [0.29, 0.717) is 24.4 Å². The zero-order valence-electron chi connectivity index (χ0n) is 19.2. The summed E-state index contributed by atoms with van der Waals surface area (Å²) in [4.78, 5) is 39.1. The fourth-order valence-corrected chi connectivity index (χ4v) is 4.15. The molecule has 0 fully saturated rings. The number of fused-ring (bicyclic) bond motifs is 1. The van der Waals surface area contributed by atoms with Crippen molar-refractivity contribution in [3.8, 4) is 0 Å². The summed E-state index contributed by atoms with van der Waals surface area (Å²) in [6, 6.07) is 10.2. The number of carboxylic acid groups (broad SMARTS) is 2. The molecule has 1 unspecified atom stereocenters. The number of aliphatic carboxylic acids is 2. The van der Waals surface area contributed by atoms with E-state index in [2.05, 4.69) is 22.4 Å². The van der Waals surface area contributed by atoms with Gasteiger partial charge >= 0.3 is 11.9 Å². The number of rotatable bonds is 8. The SMILES string of the molecule is CCN(CC)C(=O)CC1NCCc2ccc(N=C(N)c3cccs3)cc21.O=C(O)/C=C/C(=O)O. The van der Waals surface area contributed by atoms with E-state index < -0.39 is 11.9 Å². The van der Waals surface area contributed by atoms with Gasteiger partial charge in [0.15, 0.2) is 0 Å². The number of nitrogens with two attached hydrogens (primary N) is 1. The molecule has 0 radical (unpaired) electrons. The second-order valence-corrected chi connectivity index (χ2v) is 8.34. The van der Waals surface area contributed by atoms with E-state index in [1.807, 2.05) is 42.3 Å². The number of carboxylic acids is 2. The Bertz CT molecular complexity index is 1030. The van der Waals surface area contributed by atoms with Crippen LogP contribution in [0.3, 0.4) is 0 Å². The lowest BCUT2D eigenvalue weighted by Gasteiger charge is -2.29. The van der Waals surface area contributed by atoms with Crippen molar-refractivity contribution in [3.63, 3.8) is 0 Å². The number of aliphatic imine (C=N–C) groups is 1. The van der Waals surface area contributed by atoms with Gasteiger partial charge in [0.25, 0.3) is 0 Å². The van der Waals surface area contributed by atoms with Crippen molar-refractivity contribution in [1.29, 1.82) is 0 Å². The minimum Gasteiger partial charge on any atom is -0.478 e. The molecule has 10 heteroatoms. The molecule has 0 spiro atoms. The molecule has 1 atom stereocenters. The Morgan fingerprint density at radius 1 is 1.18 bits per heavy atom. The zero-order chi connectivity index (χ0) is 25.1. The third-order valence-corrected chi connectivity index (χ3v) is 6.07. The maximum absolute atomic E-state index is 12.5. The normalized spacial score (nSPS) is 15.2. The maximum Gasteiger partial charge on any atom is 0.328 e. The van der Waals surface area contributed by atoms with Crippen LogP contribution in [0, 0.1) is 0 Å². The van der Waals surface area contributed by atoms with Crippen molar-refractivity contribution >= 4 is 40.7 Å². The topological polar surface area (TPSA) is 145 Å². The third kappa shape index (κ3) is 8.13. The molecule has 34 heavy (non-hydrogen) atoms. The number of nitrogens with one attached hydrogen (secondary N) is 1. The van der Waals surface area contributed by atoms with Gasteiger partial charge in [-0.25, -0.2) is 14.6 Å². The molecule has 9 nitrogen and oxygen atoms in total. The molecule has 1 aliphatic heterocycles. The molecule has 2 aromatic rings. The summed E-state index contributed by atoms with van der Waals surface area (Å²) in [5.41, 5.74) is 9.41. The zero-order valence-corrected chi connectivity index (χ0v) is 20.0. The fourth-order valence-electron chi connectivity index (χ4n) is 3.52. The molecule has 2 heterocycles. The van der Waals surface area contributed by atoms with Crippen LogP contribution in [0.1, 0.15) is 42.3 Å². The first-order valence-corrected chi connectivity index (χ1v) is 11.8. The lowest BCUT2D eigenvalue weighted by molar-refractivity contribution is -0.134. The minimum atomic E-state index is -1.26. The Morgan fingerprint density at radius 2 is 1.85 bits per heavy atom. The number of thiophene rings is 1. The van der Waals surface area contributed by atoms with Crippen LogP contribution in [0.15, 0.2) is 52.9 Å². The number of amidine groups is 1. The molecular formula is C24H30N4O5S. The van der Waals surface area contributed by atoms with Crippen molar-refractivity contribution in [2.45, 2.75) is 32.7 Å². The number of hydrogen-bond donors (Lipinski definition) is 4. The Morgan fingerprint density at radius 3 is 2.41 bits per heavy atom. The molecule has 0 saturated heterocycles. The summed E-state index contributed by atoms with van der Waals surface area (Å²) in [6.07, 6.45) is 2.56. The van der Waals surface area contributed by atoms with Crippen LogP contribution in [-0.2, 0) is 20.8 Å². The second-order valence-electron chi connectivity index (χ2n) is 7.39. The van der Waals surface area contributed by atoms with E-state index in [-0.39, 0.29) is 11.9 Å². The average Bonchev–Trinajstić information content (AvgIpc) is 3.35. The van der Waals surface area contributed by atoms with Gasteiger partial charge in [0.1, 0.15) is 5.84 Å². The lowest BCUT2D eigenvalue weighted by Crippen LogP contribution is -2.37. The molecule has 0 bridgehead atoms. The number of carbonyl (C=O) groups excluding carboxylic acids is 1. The minimum absolute atomic E-state index is 0.0324. The molecule has 3 rings (SSSR count). The molecule has 1 aliphatic rings. The second kappa shape index (κ2) is 13.3. The first-order valence-electron chi connectivity index (χ1n) is 10.9. The fraction of sp³-hybridized carbons (Fsp3) is 0.333. The van der Waals surface area contributed by atoms with E-state index in [9.17, 15) is 14.4 Å². The predicted octanol–water partition coefficient (Wildman–Crippen LogP) is 2.94.